The number of hydrogen-bond acceptors (Lipinski definition) is 4. The highest BCUT2D eigenvalue weighted by Gasteiger charge is 2.14. The highest BCUT2D eigenvalue weighted by atomic mass is 19.1. The smallest absolute Gasteiger partial charge is 0.145 e. The highest BCUT2D eigenvalue weighted by Crippen LogP contribution is 2.33. The fourth-order valence-corrected chi connectivity index (χ4v) is 2.18. The third-order valence-corrected chi connectivity index (χ3v) is 2.98. The molecular weight excluding hydrogens is 247 g/mol. The minimum atomic E-state index is -0.512. The topological polar surface area (TPSA) is 77.0 Å². The Labute approximate surface area is 108 Å². The molecule has 96 valence electrons. The van der Waals surface area contributed by atoms with E-state index in [-0.39, 0.29) is 5.75 Å². The monoisotopic (exact) mass is 258 g/mol. The summed E-state index contributed by atoms with van der Waals surface area (Å²) in [7, 11) is 1.82. The van der Waals surface area contributed by atoms with Crippen molar-refractivity contribution in [2.75, 3.05) is 5.73 Å². The van der Waals surface area contributed by atoms with Gasteiger partial charge in [0, 0.05) is 24.9 Å². The quantitative estimate of drug-likeness (QED) is 0.700. The van der Waals surface area contributed by atoms with E-state index in [0.29, 0.717) is 28.0 Å². The summed E-state index contributed by atoms with van der Waals surface area (Å²) in [5, 5.41) is 10.1. The number of fused-ring (bicyclic) bond motifs is 1. The Morgan fingerprint density at radius 3 is 2.79 bits per heavy atom. The van der Waals surface area contributed by atoms with E-state index in [2.05, 4.69) is 9.97 Å². The molecule has 3 rings (SSSR count). The molecule has 5 nitrogen and oxygen atoms in total. The van der Waals surface area contributed by atoms with Gasteiger partial charge in [-0.15, -0.1) is 0 Å². The van der Waals surface area contributed by atoms with Crippen molar-refractivity contribution in [3.8, 4) is 16.9 Å². The van der Waals surface area contributed by atoms with Crippen LogP contribution >= 0.6 is 0 Å². The van der Waals surface area contributed by atoms with Gasteiger partial charge < -0.3 is 15.4 Å². The maximum atomic E-state index is 13.4. The van der Waals surface area contributed by atoms with Crippen LogP contribution in [-0.2, 0) is 7.05 Å². The molecule has 2 aromatic heterocycles. The molecule has 0 aliphatic heterocycles. The number of aromatic nitrogens is 3. The average Bonchev–Trinajstić information content (AvgIpc) is 2.67. The maximum absolute atomic E-state index is 13.4. The van der Waals surface area contributed by atoms with E-state index in [1.165, 1.54) is 18.5 Å². The number of rotatable bonds is 1. The maximum Gasteiger partial charge on any atom is 0.145 e. The van der Waals surface area contributed by atoms with Crippen LogP contribution in [0.15, 0.2) is 30.7 Å². The molecule has 6 heteroatoms. The summed E-state index contributed by atoms with van der Waals surface area (Å²) in [6.45, 7) is 0. The van der Waals surface area contributed by atoms with Gasteiger partial charge in [-0.3, -0.25) is 0 Å². The van der Waals surface area contributed by atoms with Crippen molar-refractivity contribution in [3.05, 3.63) is 36.5 Å². The summed E-state index contributed by atoms with van der Waals surface area (Å²) in [6, 6.07) is 3.86. The summed E-state index contributed by atoms with van der Waals surface area (Å²) in [6.07, 6.45) is 3.16. The average molecular weight is 258 g/mol. The molecule has 0 atom stereocenters. The van der Waals surface area contributed by atoms with Crippen molar-refractivity contribution in [2.45, 2.75) is 0 Å². The Bertz CT molecular complexity index is 761. The van der Waals surface area contributed by atoms with Crippen LogP contribution in [0, 0.1) is 5.82 Å². The van der Waals surface area contributed by atoms with Crippen LogP contribution < -0.4 is 5.73 Å². The van der Waals surface area contributed by atoms with E-state index in [4.69, 9.17) is 5.73 Å². The number of benzene rings is 1. The van der Waals surface area contributed by atoms with Crippen molar-refractivity contribution in [3.63, 3.8) is 0 Å². The first-order valence-corrected chi connectivity index (χ1v) is 5.61. The van der Waals surface area contributed by atoms with Gasteiger partial charge >= 0.3 is 0 Å². The zero-order chi connectivity index (χ0) is 13.6. The van der Waals surface area contributed by atoms with Crippen LogP contribution in [0.1, 0.15) is 0 Å². The van der Waals surface area contributed by atoms with Crippen LogP contribution in [0.4, 0.5) is 10.2 Å². The molecule has 0 radical (unpaired) electrons. The lowest BCUT2D eigenvalue weighted by Crippen LogP contribution is -1.94. The molecular formula is C13H11FN4O. The summed E-state index contributed by atoms with van der Waals surface area (Å²) >= 11 is 0. The van der Waals surface area contributed by atoms with Gasteiger partial charge in [0.1, 0.15) is 29.4 Å². The fourth-order valence-electron chi connectivity index (χ4n) is 2.18. The molecule has 0 aliphatic carbocycles. The predicted octanol–water partition coefficient (Wildman–Crippen LogP) is 2.06. The molecule has 3 N–H and O–H groups in total. The summed E-state index contributed by atoms with van der Waals surface area (Å²) in [4.78, 5) is 8.10. The van der Waals surface area contributed by atoms with E-state index in [9.17, 15) is 9.50 Å². The first-order valence-electron chi connectivity index (χ1n) is 5.61. The SMILES string of the molecule is Cn1cc(-c2cc(O)cc(F)c2)c2c(N)ncnc21. The lowest BCUT2D eigenvalue weighted by molar-refractivity contribution is 0.469. The van der Waals surface area contributed by atoms with Crippen molar-refractivity contribution < 1.29 is 9.50 Å². The van der Waals surface area contributed by atoms with Crippen LogP contribution in [0.5, 0.6) is 5.75 Å². The normalized spacial score (nSPS) is 11.1. The second kappa shape index (κ2) is 3.94. The second-order valence-corrected chi connectivity index (χ2v) is 4.31. The molecule has 0 amide bonds. The zero-order valence-electron chi connectivity index (χ0n) is 10.1. The van der Waals surface area contributed by atoms with E-state index in [1.807, 2.05) is 7.05 Å². The lowest BCUT2D eigenvalue weighted by atomic mass is 10.1. The van der Waals surface area contributed by atoms with Crippen LogP contribution in [0.25, 0.3) is 22.2 Å². The predicted molar refractivity (Wildman–Crippen MR) is 70.0 cm³/mol. The Balaban J connectivity index is 2.36. The fraction of sp³-hybridized carbons (Fsp3) is 0.0769. The van der Waals surface area contributed by atoms with Crippen LogP contribution in [0.2, 0.25) is 0 Å². The number of phenolic OH excluding ortho intramolecular Hbond substituents is 1. The summed E-state index contributed by atoms with van der Waals surface area (Å²) in [5.41, 5.74) is 7.74. The molecule has 0 saturated carbocycles. The van der Waals surface area contributed by atoms with Crippen molar-refractivity contribution in [2.24, 2.45) is 7.05 Å². The standard InChI is InChI=1S/C13H11FN4O/c1-18-5-10(7-2-8(14)4-9(19)3-7)11-12(15)16-6-17-13(11)18/h2-6,19H,1H3,(H2,15,16,17). The number of anilines is 1. The first kappa shape index (κ1) is 11.5. The Kier molecular flexibility index (Phi) is 2.38. The van der Waals surface area contributed by atoms with Gasteiger partial charge in [-0.05, 0) is 17.7 Å². The van der Waals surface area contributed by atoms with E-state index in [0.717, 1.165) is 6.07 Å². The number of aromatic hydroxyl groups is 1. The molecule has 1 aromatic carbocycles. The number of aryl methyl sites for hydroxylation is 1. The van der Waals surface area contributed by atoms with E-state index < -0.39 is 5.82 Å². The van der Waals surface area contributed by atoms with Crippen LogP contribution in [0.3, 0.4) is 0 Å². The highest BCUT2D eigenvalue weighted by molar-refractivity contribution is 6.00. The molecule has 0 saturated heterocycles. The van der Waals surface area contributed by atoms with Gasteiger partial charge in [0.2, 0.25) is 0 Å². The van der Waals surface area contributed by atoms with E-state index in [1.54, 1.807) is 10.8 Å². The van der Waals surface area contributed by atoms with Crippen molar-refractivity contribution >= 4 is 16.9 Å². The van der Waals surface area contributed by atoms with E-state index >= 15 is 0 Å². The third-order valence-electron chi connectivity index (χ3n) is 2.98. The van der Waals surface area contributed by atoms with Gasteiger partial charge in [-0.1, -0.05) is 0 Å². The second-order valence-electron chi connectivity index (χ2n) is 4.31. The molecule has 0 aliphatic rings. The number of halogens is 1. The molecule has 0 unspecified atom stereocenters. The Morgan fingerprint density at radius 2 is 2.05 bits per heavy atom. The molecule has 3 aromatic rings. The molecule has 0 spiro atoms. The Morgan fingerprint density at radius 1 is 1.26 bits per heavy atom. The minimum absolute atomic E-state index is 0.137. The van der Waals surface area contributed by atoms with Gasteiger partial charge in [0.15, 0.2) is 0 Å². The molecule has 0 fully saturated rings. The largest absolute Gasteiger partial charge is 0.508 e. The van der Waals surface area contributed by atoms with Crippen molar-refractivity contribution in [1.82, 2.24) is 14.5 Å². The molecule has 19 heavy (non-hydrogen) atoms. The summed E-state index contributed by atoms with van der Waals surface area (Å²) in [5.74, 6) is -0.325. The molecule has 0 bridgehead atoms. The number of nitrogens with zero attached hydrogens (tertiary/aromatic N) is 3. The van der Waals surface area contributed by atoms with Crippen molar-refractivity contribution in [1.29, 1.82) is 0 Å². The molecule has 2 heterocycles. The zero-order valence-corrected chi connectivity index (χ0v) is 10.1. The van der Waals surface area contributed by atoms with Crippen LogP contribution in [-0.4, -0.2) is 19.6 Å². The Hall–Kier alpha value is -2.63. The number of phenols is 1. The van der Waals surface area contributed by atoms with Gasteiger partial charge in [-0.25, -0.2) is 14.4 Å². The van der Waals surface area contributed by atoms with Gasteiger partial charge in [0.05, 0.1) is 5.39 Å². The van der Waals surface area contributed by atoms with Gasteiger partial charge in [0.25, 0.3) is 0 Å². The van der Waals surface area contributed by atoms with Gasteiger partial charge in [-0.2, -0.15) is 0 Å². The lowest BCUT2D eigenvalue weighted by Gasteiger charge is -2.02. The number of nitrogen functional groups attached to an aromatic ring is 1. The minimum Gasteiger partial charge on any atom is -0.508 e. The first-order chi connectivity index (χ1) is 9.06. The number of nitrogens with two attached hydrogens (primary N) is 1. The third kappa shape index (κ3) is 1.77. The number of hydrogen-bond donors (Lipinski definition) is 2. The summed E-state index contributed by atoms with van der Waals surface area (Å²) < 4.78 is 15.2.